The van der Waals surface area contributed by atoms with Crippen LogP contribution in [0.3, 0.4) is 0 Å². The summed E-state index contributed by atoms with van der Waals surface area (Å²) in [5.74, 6) is -2.04. The van der Waals surface area contributed by atoms with E-state index in [1.54, 1.807) is 52.1 Å². The number of ether oxygens (including phenoxy) is 9. The van der Waals surface area contributed by atoms with Crippen LogP contribution >= 0.6 is 0 Å². The molecule has 3 aliphatic heterocycles. The molecule has 0 bridgehead atoms. The van der Waals surface area contributed by atoms with E-state index in [2.05, 4.69) is 0 Å². The fraction of sp³-hybridized carbons (Fsp3) is 0.562. The van der Waals surface area contributed by atoms with Gasteiger partial charge in [-0.05, 0) is 45.4 Å². The Labute approximate surface area is 251 Å². The van der Waals surface area contributed by atoms with Gasteiger partial charge < -0.3 is 42.6 Å². The molecule has 43 heavy (non-hydrogen) atoms. The molecule has 3 saturated heterocycles. The number of methoxy groups -OCH3 is 1. The van der Waals surface area contributed by atoms with Gasteiger partial charge in [0.15, 0.2) is 30.6 Å². The molecule has 10 atom stereocenters. The van der Waals surface area contributed by atoms with Gasteiger partial charge in [0.25, 0.3) is 0 Å². The highest BCUT2D eigenvalue weighted by Crippen LogP contribution is 2.40. The summed E-state index contributed by atoms with van der Waals surface area (Å²) in [5, 5.41) is 0. The number of carbonyl (C=O) groups is 2. The van der Waals surface area contributed by atoms with Gasteiger partial charge in [-0.2, -0.15) is 0 Å². The van der Waals surface area contributed by atoms with Crippen molar-refractivity contribution < 1.29 is 52.2 Å². The van der Waals surface area contributed by atoms with Gasteiger partial charge in [0, 0.05) is 14.0 Å². The van der Waals surface area contributed by atoms with E-state index in [0.717, 1.165) is 5.56 Å². The molecule has 0 N–H and O–H groups in total. The molecule has 5 rings (SSSR count). The first-order valence-electron chi connectivity index (χ1n) is 14.5. The Kier molecular flexibility index (Phi) is 9.82. The molecule has 2 aromatic rings. The summed E-state index contributed by atoms with van der Waals surface area (Å²) in [5.41, 5.74) is 1.25. The van der Waals surface area contributed by atoms with Gasteiger partial charge in [0.05, 0.1) is 24.4 Å². The number of carbonyl (C=O) groups excluding carboxylic acids is 2. The maximum Gasteiger partial charge on any atom is 0.338 e. The highest BCUT2D eigenvalue weighted by Gasteiger charge is 2.58. The number of benzene rings is 2. The second-order valence-electron chi connectivity index (χ2n) is 11.4. The molecule has 3 fully saturated rings. The van der Waals surface area contributed by atoms with Crippen LogP contribution in [0.15, 0.2) is 60.7 Å². The third-order valence-electron chi connectivity index (χ3n) is 7.66. The molecule has 0 amide bonds. The lowest BCUT2D eigenvalue weighted by Gasteiger charge is -2.47. The average Bonchev–Trinajstić information content (AvgIpc) is 3.31. The highest BCUT2D eigenvalue weighted by atomic mass is 16.8. The second-order valence-corrected chi connectivity index (χ2v) is 11.4. The van der Waals surface area contributed by atoms with E-state index < -0.39 is 79.1 Å². The van der Waals surface area contributed by atoms with Crippen LogP contribution in [0.4, 0.5) is 0 Å². The summed E-state index contributed by atoms with van der Waals surface area (Å²) < 4.78 is 54.9. The average molecular weight is 601 g/mol. The minimum absolute atomic E-state index is 0.163. The van der Waals surface area contributed by atoms with Crippen molar-refractivity contribution in [2.24, 2.45) is 0 Å². The fourth-order valence-corrected chi connectivity index (χ4v) is 5.73. The first-order valence-corrected chi connectivity index (χ1v) is 14.5. The molecule has 11 heteroatoms. The summed E-state index contributed by atoms with van der Waals surface area (Å²) in [6.07, 6.45) is -7.80. The van der Waals surface area contributed by atoms with Crippen LogP contribution in [0.2, 0.25) is 0 Å². The summed E-state index contributed by atoms with van der Waals surface area (Å²) in [7, 11) is 1.54. The van der Waals surface area contributed by atoms with Crippen LogP contribution < -0.4 is 0 Å². The molecule has 0 saturated carbocycles. The molecule has 0 spiro atoms. The van der Waals surface area contributed by atoms with Crippen LogP contribution in [0.25, 0.3) is 0 Å². The summed E-state index contributed by atoms with van der Waals surface area (Å²) in [6.45, 7) is 8.65. The van der Waals surface area contributed by atoms with Crippen molar-refractivity contribution in [2.75, 3.05) is 7.11 Å². The summed E-state index contributed by atoms with van der Waals surface area (Å²) in [4.78, 5) is 25.6. The van der Waals surface area contributed by atoms with Crippen LogP contribution in [-0.4, -0.2) is 86.2 Å². The molecule has 0 aromatic heterocycles. The Bertz CT molecular complexity index is 1220. The van der Waals surface area contributed by atoms with Gasteiger partial charge in [-0.1, -0.05) is 48.5 Å². The van der Waals surface area contributed by atoms with E-state index in [1.807, 2.05) is 43.3 Å². The van der Waals surface area contributed by atoms with Gasteiger partial charge >= 0.3 is 11.9 Å². The second kappa shape index (κ2) is 13.4. The summed E-state index contributed by atoms with van der Waals surface area (Å²) >= 11 is 0. The van der Waals surface area contributed by atoms with Crippen molar-refractivity contribution in [3.63, 3.8) is 0 Å². The molecular weight excluding hydrogens is 560 g/mol. The Morgan fingerprint density at radius 1 is 0.767 bits per heavy atom. The fourth-order valence-electron chi connectivity index (χ4n) is 5.73. The van der Waals surface area contributed by atoms with E-state index in [-0.39, 0.29) is 6.61 Å². The zero-order valence-corrected chi connectivity index (χ0v) is 25.2. The van der Waals surface area contributed by atoms with Crippen LogP contribution in [0.1, 0.15) is 50.5 Å². The normalized spacial score (nSPS) is 35.1. The SMILES string of the molecule is CO[C@@H]1O[C@@H](C)[C@H](O[C@H]2O[C@@H](C)[C@H](OC(=O)c3ccccc3)[C@@H](OCc3ccccc3)[C@H]2OC(C)=O)[C@H]2OC(C)(C)O[C@@H]12. The Morgan fingerprint density at radius 2 is 1.37 bits per heavy atom. The molecular formula is C32H40O11. The lowest BCUT2D eigenvalue weighted by atomic mass is 9.97. The van der Waals surface area contributed by atoms with Gasteiger partial charge in [-0.3, -0.25) is 4.79 Å². The quantitative estimate of drug-likeness (QED) is 0.392. The van der Waals surface area contributed by atoms with Gasteiger partial charge in [0.1, 0.15) is 24.4 Å². The van der Waals surface area contributed by atoms with Crippen molar-refractivity contribution in [1.82, 2.24) is 0 Å². The standard InChI is InChI=1S/C32H40O11/c1-18-23(40-29(34)22-15-11-8-12-16-22)25(36-17-21-13-9-7-10-14-21)27(39-20(3)33)31(38-18)41-24-19(2)37-30(35-6)28-26(24)42-32(4,5)43-28/h7-16,18-19,23-28,30-31H,17H2,1-6H3/t18-,19-,23-,24-,25+,26+,27+,28+,30+,31+/m0/s1. The zero-order chi connectivity index (χ0) is 30.7. The molecule has 0 aliphatic carbocycles. The van der Waals surface area contributed by atoms with Crippen molar-refractivity contribution >= 4 is 11.9 Å². The van der Waals surface area contributed by atoms with Crippen LogP contribution in [0.5, 0.6) is 0 Å². The molecule has 2 aromatic carbocycles. The first kappa shape index (κ1) is 31.5. The number of fused-ring (bicyclic) bond motifs is 1. The van der Waals surface area contributed by atoms with Crippen LogP contribution in [-0.2, 0) is 54.0 Å². The molecule has 0 unspecified atom stereocenters. The maximum absolute atomic E-state index is 13.2. The minimum Gasteiger partial charge on any atom is -0.454 e. The van der Waals surface area contributed by atoms with E-state index in [9.17, 15) is 9.59 Å². The maximum atomic E-state index is 13.2. The summed E-state index contributed by atoms with van der Waals surface area (Å²) in [6, 6.07) is 18.1. The third-order valence-corrected chi connectivity index (χ3v) is 7.66. The van der Waals surface area contributed by atoms with Crippen LogP contribution in [0, 0.1) is 0 Å². The predicted octanol–water partition coefficient (Wildman–Crippen LogP) is 3.77. The van der Waals surface area contributed by atoms with Gasteiger partial charge in [0.2, 0.25) is 0 Å². The lowest BCUT2D eigenvalue weighted by molar-refractivity contribution is -0.344. The third kappa shape index (κ3) is 7.26. The highest BCUT2D eigenvalue weighted by molar-refractivity contribution is 5.89. The molecule has 234 valence electrons. The van der Waals surface area contributed by atoms with E-state index in [0.29, 0.717) is 5.56 Å². The minimum atomic E-state index is -1.12. The topological polar surface area (TPSA) is 117 Å². The zero-order valence-electron chi connectivity index (χ0n) is 25.2. The van der Waals surface area contributed by atoms with E-state index in [1.165, 1.54) is 6.92 Å². The number of hydrogen-bond acceptors (Lipinski definition) is 11. The van der Waals surface area contributed by atoms with Gasteiger partial charge in [-0.25, -0.2) is 4.79 Å². The van der Waals surface area contributed by atoms with Crippen molar-refractivity contribution in [3.8, 4) is 0 Å². The van der Waals surface area contributed by atoms with Gasteiger partial charge in [-0.15, -0.1) is 0 Å². The number of rotatable bonds is 9. The van der Waals surface area contributed by atoms with Crippen molar-refractivity contribution in [2.45, 2.75) is 108 Å². The van der Waals surface area contributed by atoms with Crippen molar-refractivity contribution in [3.05, 3.63) is 71.8 Å². The Hall–Kier alpha value is -2.90. The van der Waals surface area contributed by atoms with E-state index in [4.69, 9.17) is 42.6 Å². The molecule has 0 radical (unpaired) electrons. The Balaban J connectivity index is 1.43. The first-order chi connectivity index (χ1) is 20.6. The molecule has 3 heterocycles. The molecule has 11 nitrogen and oxygen atoms in total. The largest absolute Gasteiger partial charge is 0.454 e. The number of esters is 2. The van der Waals surface area contributed by atoms with Crippen molar-refractivity contribution in [1.29, 1.82) is 0 Å². The smallest absolute Gasteiger partial charge is 0.338 e. The predicted molar refractivity (Wildman–Crippen MR) is 151 cm³/mol. The lowest BCUT2D eigenvalue weighted by Crippen LogP contribution is -2.64. The number of hydrogen-bond donors (Lipinski definition) is 0. The van der Waals surface area contributed by atoms with E-state index >= 15 is 0 Å². The molecule has 3 aliphatic rings. The Morgan fingerprint density at radius 3 is 2.02 bits per heavy atom. The monoisotopic (exact) mass is 600 g/mol.